The number of methoxy groups -OCH3 is 1. The van der Waals surface area contributed by atoms with E-state index in [0.717, 1.165) is 35.2 Å². The molecular formula is C29H30ClN7O2. The molecule has 0 spiro atoms. The molecule has 9 nitrogen and oxygen atoms in total. The molecule has 4 aromatic rings. The number of fused-ring (bicyclic) bond motifs is 1. The predicted octanol–water partition coefficient (Wildman–Crippen LogP) is 5.46. The number of benzene rings is 2. The lowest BCUT2D eigenvalue weighted by Crippen LogP contribution is -2.57. The fourth-order valence-electron chi connectivity index (χ4n) is 4.51. The molecule has 3 N–H and O–H groups in total. The van der Waals surface area contributed by atoms with Crippen LogP contribution in [0.15, 0.2) is 73.6 Å². The number of para-hydroxylation sites is 1. The van der Waals surface area contributed by atoms with E-state index in [2.05, 4.69) is 51.1 Å². The Labute approximate surface area is 232 Å². The van der Waals surface area contributed by atoms with Gasteiger partial charge in [-0.3, -0.25) is 4.79 Å². The van der Waals surface area contributed by atoms with Gasteiger partial charge < -0.3 is 30.2 Å². The number of likely N-dealkylation sites (N-methyl/N-ethyl adjacent to an activating group) is 1. The van der Waals surface area contributed by atoms with E-state index in [1.807, 2.05) is 42.6 Å². The number of aromatic nitrogens is 3. The van der Waals surface area contributed by atoms with Crippen molar-refractivity contribution in [1.29, 1.82) is 0 Å². The van der Waals surface area contributed by atoms with Gasteiger partial charge >= 0.3 is 0 Å². The zero-order valence-electron chi connectivity index (χ0n) is 22.0. The number of halogens is 1. The van der Waals surface area contributed by atoms with Gasteiger partial charge in [0.25, 0.3) is 0 Å². The Bertz CT molecular complexity index is 1560. The van der Waals surface area contributed by atoms with Gasteiger partial charge in [0, 0.05) is 53.9 Å². The fourth-order valence-corrected chi connectivity index (χ4v) is 4.70. The summed E-state index contributed by atoms with van der Waals surface area (Å²) in [6, 6.07) is 12.1. The number of hydrogen-bond acceptors (Lipinski definition) is 7. The number of hydrogen-bond donors (Lipinski definition) is 3. The maximum Gasteiger partial charge on any atom is 0.248 e. The molecule has 2 aromatic heterocycles. The number of ether oxygens (including phenoxy) is 1. The molecule has 0 bridgehead atoms. The monoisotopic (exact) mass is 543 g/mol. The van der Waals surface area contributed by atoms with Gasteiger partial charge in [-0.1, -0.05) is 48.5 Å². The van der Waals surface area contributed by atoms with Gasteiger partial charge in [-0.25, -0.2) is 9.97 Å². The highest BCUT2D eigenvalue weighted by atomic mass is 35.5. The van der Waals surface area contributed by atoms with Gasteiger partial charge in [0.05, 0.1) is 41.1 Å². The van der Waals surface area contributed by atoms with E-state index in [-0.39, 0.29) is 5.91 Å². The van der Waals surface area contributed by atoms with Gasteiger partial charge in [0.2, 0.25) is 11.9 Å². The minimum absolute atomic E-state index is 0.263. The normalized spacial score (nSPS) is 13.6. The molecule has 2 aromatic carbocycles. The summed E-state index contributed by atoms with van der Waals surface area (Å²) in [6.07, 6.45) is 8.04. The number of H-pyrrole nitrogens is 1. The third-order valence-corrected chi connectivity index (χ3v) is 7.00. The number of carbonyl (C=O) groups excluding carboxylic acids is 1. The predicted molar refractivity (Wildman–Crippen MR) is 158 cm³/mol. The van der Waals surface area contributed by atoms with Crippen molar-refractivity contribution in [2.24, 2.45) is 0 Å². The molecule has 1 saturated heterocycles. The maximum atomic E-state index is 12.6. The number of rotatable bonds is 9. The number of allylic oxidation sites excluding steroid dienone is 2. The van der Waals surface area contributed by atoms with Crippen LogP contribution in [0.5, 0.6) is 5.75 Å². The lowest BCUT2D eigenvalue weighted by Gasteiger charge is -2.45. The van der Waals surface area contributed by atoms with Crippen molar-refractivity contribution in [1.82, 2.24) is 19.9 Å². The van der Waals surface area contributed by atoms with Gasteiger partial charge in [0.15, 0.2) is 0 Å². The van der Waals surface area contributed by atoms with E-state index < -0.39 is 0 Å². The van der Waals surface area contributed by atoms with Gasteiger partial charge in [-0.2, -0.15) is 0 Å². The summed E-state index contributed by atoms with van der Waals surface area (Å²) < 4.78 is 5.73. The number of anilines is 4. The van der Waals surface area contributed by atoms with Crippen LogP contribution in [0, 0.1) is 0 Å². The first-order chi connectivity index (χ1) is 18.9. The molecule has 0 aliphatic carbocycles. The first-order valence-corrected chi connectivity index (χ1v) is 12.8. The summed E-state index contributed by atoms with van der Waals surface area (Å²) in [4.78, 5) is 29.4. The fraction of sp³-hybridized carbons (Fsp3) is 0.207. The molecular weight excluding hydrogens is 514 g/mol. The van der Waals surface area contributed by atoms with Crippen molar-refractivity contribution < 1.29 is 9.53 Å². The quantitative estimate of drug-likeness (QED) is 0.190. The topological polar surface area (TPSA) is 98.4 Å². The minimum atomic E-state index is -0.263. The molecule has 3 heterocycles. The van der Waals surface area contributed by atoms with E-state index in [0.29, 0.717) is 39.8 Å². The van der Waals surface area contributed by atoms with E-state index in [1.54, 1.807) is 25.5 Å². The maximum absolute atomic E-state index is 12.6. The molecule has 0 atom stereocenters. The van der Waals surface area contributed by atoms with Crippen LogP contribution in [-0.4, -0.2) is 66.1 Å². The van der Waals surface area contributed by atoms with Crippen LogP contribution in [0.1, 0.15) is 0 Å². The smallest absolute Gasteiger partial charge is 0.248 e. The van der Waals surface area contributed by atoms with Crippen LogP contribution < -0.4 is 20.3 Å². The molecule has 10 heteroatoms. The zero-order chi connectivity index (χ0) is 27.5. The lowest BCUT2D eigenvalue weighted by molar-refractivity contribution is -0.111. The third-order valence-electron chi connectivity index (χ3n) is 6.73. The molecule has 39 heavy (non-hydrogen) atoms. The summed E-state index contributed by atoms with van der Waals surface area (Å²) in [5.74, 6) is 0.664. The largest absolute Gasteiger partial charge is 0.494 e. The van der Waals surface area contributed by atoms with E-state index in [9.17, 15) is 4.79 Å². The molecule has 0 saturated carbocycles. The Kier molecular flexibility index (Phi) is 7.53. The van der Waals surface area contributed by atoms with E-state index >= 15 is 0 Å². The molecule has 200 valence electrons. The van der Waals surface area contributed by atoms with Crippen molar-refractivity contribution in [3.63, 3.8) is 0 Å². The average molecular weight is 544 g/mol. The summed E-state index contributed by atoms with van der Waals surface area (Å²) in [5.41, 5.74) is 4.56. The second kappa shape index (κ2) is 11.2. The standard InChI is InChI=1S/C29H30ClN7O2/c1-5-6-11-27(38)33-23-12-24(26(39-4)13-25(23)37-16-18(17-37)36(2)3)34-29-32-15-21(30)28(35-29)20-14-31-22-10-8-7-9-19(20)22/h5-15,18,31H,1,16-17H2,2-4H3,(H,33,38)(H,32,34,35)/b11-6+. The van der Waals surface area contributed by atoms with Gasteiger partial charge in [0.1, 0.15) is 5.75 Å². The molecule has 0 radical (unpaired) electrons. The average Bonchev–Trinajstić information content (AvgIpc) is 3.32. The van der Waals surface area contributed by atoms with Crippen molar-refractivity contribution in [2.75, 3.05) is 49.8 Å². The Morgan fingerprint density at radius 1 is 1.26 bits per heavy atom. The van der Waals surface area contributed by atoms with Crippen LogP contribution in [-0.2, 0) is 4.79 Å². The Morgan fingerprint density at radius 3 is 2.79 bits per heavy atom. The summed E-state index contributed by atoms with van der Waals surface area (Å²) in [7, 11) is 5.73. The Hall–Kier alpha value is -4.34. The van der Waals surface area contributed by atoms with E-state index in [4.69, 9.17) is 21.3 Å². The highest BCUT2D eigenvalue weighted by Gasteiger charge is 2.31. The molecule has 1 amide bonds. The van der Waals surface area contributed by atoms with E-state index in [1.165, 1.54) is 6.08 Å². The van der Waals surface area contributed by atoms with Crippen LogP contribution >= 0.6 is 11.6 Å². The minimum Gasteiger partial charge on any atom is -0.494 e. The highest BCUT2D eigenvalue weighted by molar-refractivity contribution is 6.33. The summed E-state index contributed by atoms with van der Waals surface area (Å²) in [5, 5.41) is 7.69. The number of nitrogens with one attached hydrogen (secondary N) is 3. The summed E-state index contributed by atoms with van der Waals surface area (Å²) in [6.45, 7) is 5.30. The second-order valence-electron chi connectivity index (χ2n) is 9.44. The summed E-state index contributed by atoms with van der Waals surface area (Å²) >= 11 is 6.52. The van der Waals surface area contributed by atoms with Crippen LogP contribution in [0.4, 0.5) is 23.0 Å². The highest BCUT2D eigenvalue weighted by Crippen LogP contribution is 2.40. The number of aromatic amines is 1. The number of nitrogens with zero attached hydrogens (tertiary/aromatic N) is 4. The molecule has 1 fully saturated rings. The van der Waals surface area contributed by atoms with Crippen LogP contribution in [0.3, 0.4) is 0 Å². The van der Waals surface area contributed by atoms with Crippen LogP contribution in [0.25, 0.3) is 22.2 Å². The van der Waals surface area contributed by atoms with Gasteiger partial charge in [-0.05, 0) is 26.2 Å². The first-order valence-electron chi connectivity index (χ1n) is 12.5. The zero-order valence-corrected chi connectivity index (χ0v) is 22.8. The Morgan fingerprint density at radius 2 is 2.05 bits per heavy atom. The number of carbonyl (C=O) groups is 1. The second-order valence-corrected chi connectivity index (χ2v) is 9.85. The van der Waals surface area contributed by atoms with Crippen LogP contribution in [0.2, 0.25) is 5.02 Å². The molecule has 1 aliphatic rings. The van der Waals surface area contributed by atoms with Crippen molar-refractivity contribution in [3.05, 3.63) is 78.6 Å². The van der Waals surface area contributed by atoms with Gasteiger partial charge in [-0.15, -0.1) is 0 Å². The number of amides is 1. The molecule has 5 rings (SSSR count). The first kappa shape index (κ1) is 26.3. The SMILES string of the molecule is C=C/C=C/C(=O)Nc1cc(Nc2ncc(Cl)c(-c3c[nH]c4ccccc34)n2)c(OC)cc1N1CC(N(C)C)C1. The lowest BCUT2D eigenvalue weighted by atomic mass is 10.0. The van der Waals surface area contributed by atoms with Crippen molar-refractivity contribution >= 4 is 51.4 Å². The van der Waals surface area contributed by atoms with Crippen molar-refractivity contribution in [2.45, 2.75) is 6.04 Å². The molecule has 0 unspecified atom stereocenters. The molecule has 1 aliphatic heterocycles. The third kappa shape index (κ3) is 5.45. The Balaban J connectivity index is 1.50. The van der Waals surface area contributed by atoms with Crippen molar-refractivity contribution in [3.8, 4) is 17.0 Å².